The maximum Gasteiger partial charge on any atom is 0.515 e. The van der Waals surface area contributed by atoms with Gasteiger partial charge in [-0.25, -0.2) is 14.8 Å². The van der Waals surface area contributed by atoms with Crippen LogP contribution in [-0.4, -0.2) is 32.5 Å². The normalized spacial score (nSPS) is 10.6. The smallest absolute Gasteiger partial charge is 0.434 e. The minimum Gasteiger partial charge on any atom is -0.434 e. The molecular formula is C15H20N4O3. The van der Waals surface area contributed by atoms with Crippen LogP contribution in [0.3, 0.4) is 0 Å². The largest absolute Gasteiger partial charge is 0.515 e. The number of hydrogen-bond acceptors (Lipinski definition) is 6. The molecule has 0 bridgehead atoms. The van der Waals surface area contributed by atoms with E-state index in [9.17, 15) is 4.79 Å². The number of hydrogen-bond donors (Lipinski definition) is 0. The molecule has 0 saturated carbocycles. The summed E-state index contributed by atoms with van der Waals surface area (Å²) in [5, 5.41) is 4.41. The van der Waals surface area contributed by atoms with Crippen molar-refractivity contribution in [3.05, 3.63) is 28.7 Å². The molecule has 0 spiro atoms. The van der Waals surface area contributed by atoms with Gasteiger partial charge < -0.3 is 9.47 Å². The fourth-order valence-corrected chi connectivity index (χ4v) is 2.21. The van der Waals surface area contributed by atoms with Crippen LogP contribution in [0, 0.1) is 20.8 Å². The third-order valence-electron chi connectivity index (χ3n) is 3.09. The average Bonchev–Trinajstić information content (AvgIpc) is 2.74. The number of rotatable bonds is 4. The van der Waals surface area contributed by atoms with E-state index in [2.05, 4.69) is 15.1 Å². The Kier molecular flexibility index (Phi) is 4.75. The first-order valence-electron chi connectivity index (χ1n) is 7.22. The lowest BCUT2D eigenvalue weighted by Crippen LogP contribution is -2.15. The van der Waals surface area contributed by atoms with E-state index in [1.807, 2.05) is 33.8 Å². The lowest BCUT2D eigenvalue weighted by molar-refractivity contribution is 0.101. The Labute approximate surface area is 129 Å². The fraction of sp³-hybridized carbons (Fsp3) is 0.467. The van der Waals surface area contributed by atoms with Gasteiger partial charge in [-0.05, 0) is 40.2 Å². The molecule has 0 radical (unpaired) electrons. The monoisotopic (exact) mass is 304 g/mol. The van der Waals surface area contributed by atoms with E-state index < -0.39 is 6.16 Å². The fourth-order valence-electron chi connectivity index (χ4n) is 2.21. The highest BCUT2D eigenvalue weighted by Gasteiger charge is 2.21. The van der Waals surface area contributed by atoms with Crippen LogP contribution >= 0.6 is 0 Å². The summed E-state index contributed by atoms with van der Waals surface area (Å²) < 4.78 is 11.6. The Balaban J connectivity index is 2.52. The van der Waals surface area contributed by atoms with Gasteiger partial charge in [0.25, 0.3) is 5.95 Å². The molecule has 118 valence electrons. The van der Waals surface area contributed by atoms with Crippen LogP contribution in [0.2, 0.25) is 0 Å². The highest BCUT2D eigenvalue weighted by molar-refractivity contribution is 5.64. The molecule has 0 N–H and O–H groups in total. The second-order valence-electron chi connectivity index (χ2n) is 4.87. The lowest BCUT2D eigenvalue weighted by Gasteiger charge is -2.09. The van der Waals surface area contributed by atoms with Crippen molar-refractivity contribution in [3.8, 4) is 11.8 Å². The molecule has 0 aliphatic rings. The molecule has 2 aromatic heterocycles. The Morgan fingerprint density at radius 2 is 1.82 bits per heavy atom. The standard InChI is InChI=1S/C15H20N4O3/c1-6-12-11(5)18-19(13(12)22-15(20)21-7-2)14-16-9(3)8-10(4)17-14/h8H,6-7H2,1-5H3. The van der Waals surface area contributed by atoms with E-state index in [4.69, 9.17) is 9.47 Å². The Morgan fingerprint density at radius 1 is 1.18 bits per heavy atom. The van der Waals surface area contributed by atoms with Crippen molar-refractivity contribution < 1.29 is 14.3 Å². The van der Waals surface area contributed by atoms with Gasteiger partial charge in [-0.1, -0.05) is 6.92 Å². The van der Waals surface area contributed by atoms with Crippen molar-refractivity contribution in [2.45, 2.75) is 41.0 Å². The third kappa shape index (κ3) is 3.24. The Morgan fingerprint density at radius 3 is 2.36 bits per heavy atom. The van der Waals surface area contributed by atoms with Crippen molar-refractivity contribution in [2.75, 3.05) is 6.61 Å². The maximum atomic E-state index is 11.7. The number of ether oxygens (including phenoxy) is 2. The number of aryl methyl sites for hydroxylation is 3. The summed E-state index contributed by atoms with van der Waals surface area (Å²) in [6, 6.07) is 1.87. The summed E-state index contributed by atoms with van der Waals surface area (Å²) in [7, 11) is 0. The quantitative estimate of drug-likeness (QED) is 0.808. The highest BCUT2D eigenvalue weighted by atomic mass is 16.7. The first-order valence-corrected chi connectivity index (χ1v) is 7.22. The van der Waals surface area contributed by atoms with Gasteiger partial charge in [-0.2, -0.15) is 9.78 Å². The Hall–Kier alpha value is -2.44. The Bertz CT molecular complexity index is 674. The summed E-state index contributed by atoms with van der Waals surface area (Å²) in [4.78, 5) is 20.4. The number of carbonyl (C=O) groups excluding carboxylic acids is 1. The van der Waals surface area contributed by atoms with Crippen LogP contribution in [0.4, 0.5) is 4.79 Å². The molecule has 0 fully saturated rings. The second-order valence-corrected chi connectivity index (χ2v) is 4.87. The summed E-state index contributed by atoms with van der Waals surface area (Å²) in [5.74, 6) is 0.683. The molecule has 22 heavy (non-hydrogen) atoms. The molecule has 2 heterocycles. The first kappa shape index (κ1) is 15.9. The molecule has 0 amide bonds. The zero-order chi connectivity index (χ0) is 16.3. The molecule has 0 aliphatic carbocycles. The molecule has 2 aromatic rings. The first-order chi connectivity index (χ1) is 10.5. The molecule has 7 heteroatoms. The molecule has 0 saturated heterocycles. The highest BCUT2D eigenvalue weighted by Crippen LogP contribution is 2.25. The lowest BCUT2D eigenvalue weighted by atomic mass is 10.2. The molecule has 0 unspecified atom stereocenters. The van der Waals surface area contributed by atoms with Crippen molar-refractivity contribution in [3.63, 3.8) is 0 Å². The van der Waals surface area contributed by atoms with Crippen LogP contribution in [-0.2, 0) is 11.2 Å². The third-order valence-corrected chi connectivity index (χ3v) is 3.09. The summed E-state index contributed by atoms with van der Waals surface area (Å²) in [6.45, 7) is 9.54. The summed E-state index contributed by atoms with van der Waals surface area (Å²) >= 11 is 0. The molecule has 2 rings (SSSR count). The van der Waals surface area contributed by atoms with Crippen molar-refractivity contribution in [1.82, 2.24) is 19.7 Å². The van der Waals surface area contributed by atoms with E-state index in [0.717, 1.165) is 22.6 Å². The van der Waals surface area contributed by atoms with Gasteiger partial charge in [0.2, 0.25) is 5.88 Å². The van der Waals surface area contributed by atoms with Crippen molar-refractivity contribution in [1.29, 1.82) is 0 Å². The van der Waals surface area contributed by atoms with E-state index in [1.165, 1.54) is 4.68 Å². The zero-order valence-corrected chi connectivity index (χ0v) is 13.5. The molecular weight excluding hydrogens is 284 g/mol. The van der Waals surface area contributed by atoms with E-state index in [1.54, 1.807) is 6.92 Å². The number of nitrogens with zero attached hydrogens (tertiary/aromatic N) is 4. The topological polar surface area (TPSA) is 79.1 Å². The predicted octanol–water partition coefficient (Wildman–Crippen LogP) is 2.69. The minimum atomic E-state index is -0.761. The van der Waals surface area contributed by atoms with Gasteiger partial charge in [-0.15, -0.1) is 0 Å². The van der Waals surface area contributed by atoms with Crippen LogP contribution in [0.5, 0.6) is 5.88 Å². The molecule has 0 aliphatic heterocycles. The SMILES string of the molecule is CCOC(=O)Oc1c(CC)c(C)nn1-c1nc(C)cc(C)n1. The zero-order valence-electron chi connectivity index (χ0n) is 13.5. The second kappa shape index (κ2) is 6.55. The van der Waals surface area contributed by atoms with Gasteiger partial charge >= 0.3 is 6.16 Å². The maximum absolute atomic E-state index is 11.7. The van der Waals surface area contributed by atoms with Gasteiger partial charge in [0, 0.05) is 17.0 Å². The molecule has 0 atom stereocenters. The van der Waals surface area contributed by atoms with Crippen molar-refractivity contribution >= 4 is 6.16 Å². The van der Waals surface area contributed by atoms with E-state index >= 15 is 0 Å². The van der Waals surface area contributed by atoms with Gasteiger partial charge in [0.15, 0.2) is 0 Å². The number of carbonyl (C=O) groups is 1. The average molecular weight is 304 g/mol. The van der Waals surface area contributed by atoms with Crippen LogP contribution in [0.15, 0.2) is 6.07 Å². The van der Waals surface area contributed by atoms with Crippen LogP contribution in [0.1, 0.15) is 36.5 Å². The van der Waals surface area contributed by atoms with Gasteiger partial charge in [0.1, 0.15) is 0 Å². The summed E-state index contributed by atoms with van der Waals surface area (Å²) in [5.41, 5.74) is 3.23. The van der Waals surface area contributed by atoms with Gasteiger partial charge in [-0.3, -0.25) is 0 Å². The number of aromatic nitrogens is 4. The minimum absolute atomic E-state index is 0.244. The molecule has 0 aromatic carbocycles. The van der Waals surface area contributed by atoms with Crippen molar-refractivity contribution in [2.24, 2.45) is 0 Å². The van der Waals surface area contributed by atoms with Crippen LogP contribution < -0.4 is 4.74 Å². The summed E-state index contributed by atoms with van der Waals surface area (Å²) in [6.07, 6.45) is -0.0894. The van der Waals surface area contributed by atoms with Crippen LogP contribution in [0.25, 0.3) is 5.95 Å². The van der Waals surface area contributed by atoms with E-state index in [-0.39, 0.29) is 6.61 Å². The van der Waals surface area contributed by atoms with E-state index in [0.29, 0.717) is 18.2 Å². The predicted molar refractivity (Wildman–Crippen MR) is 80.4 cm³/mol. The van der Waals surface area contributed by atoms with Gasteiger partial charge in [0.05, 0.1) is 12.3 Å². The molecule has 7 nitrogen and oxygen atoms in total.